The molecule has 20 heavy (non-hydrogen) atoms. The largest absolute Gasteiger partial charge is 0.444 e. The van der Waals surface area contributed by atoms with Gasteiger partial charge >= 0.3 is 6.09 Å². The van der Waals surface area contributed by atoms with Crippen molar-refractivity contribution in [3.8, 4) is 6.07 Å². The van der Waals surface area contributed by atoms with E-state index in [1.54, 1.807) is 45.0 Å². The Morgan fingerprint density at radius 1 is 1.40 bits per heavy atom. The molecule has 2 N–H and O–H groups in total. The number of nitriles is 1. The maximum absolute atomic E-state index is 11.6. The molecule has 0 bridgehead atoms. The molecule has 1 atom stereocenters. The molecule has 1 rings (SSSR count). The van der Waals surface area contributed by atoms with E-state index in [0.29, 0.717) is 12.0 Å². The van der Waals surface area contributed by atoms with Gasteiger partial charge in [-0.15, -0.1) is 0 Å². The number of ether oxygens (including phenoxy) is 1. The molecule has 0 saturated carbocycles. The number of carbonyl (C=O) groups excluding carboxylic acids is 1. The SMILES string of the molecule is CC(C)(C)OC(=O)N[C@H](CO)Cc1ccc(C#N)cc1. The minimum absolute atomic E-state index is 0.181. The molecule has 0 heterocycles. The highest BCUT2D eigenvalue weighted by Crippen LogP contribution is 2.09. The van der Waals surface area contributed by atoms with Crippen LogP contribution >= 0.6 is 0 Å². The minimum atomic E-state index is -0.571. The number of amides is 1. The molecule has 1 aromatic rings. The molecule has 0 aliphatic heterocycles. The fraction of sp³-hybridized carbons (Fsp3) is 0.467. The number of nitrogens with zero attached hydrogens (tertiary/aromatic N) is 1. The van der Waals surface area contributed by atoms with E-state index in [-0.39, 0.29) is 6.61 Å². The quantitative estimate of drug-likeness (QED) is 0.881. The Bertz CT molecular complexity index is 483. The first-order chi connectivity index (χ1) is 9.34. The van der Waals surface area contributed by atoms with E-state index in [9.17, 15) is 9.90 Å². The summed E-state index contributed by atoms with van der Waals surface area (Å²) in [5.41, 5.74) is 0.937. The second kappa shape index (κ2) is 6.92. The Balaban J connectivity index is 2.58. The molecule has 0 saturated heterocycles. The molecule has 0 unspecified atom stereocenters. The minimum Gasteiger partial charge on any atom is -0.444 e. The Hall–Kier alpha value is -2.06. The number of benzene rings is 1. The van der Waals surface area contributed by atoms with Crippen LogP contribution in [0.3, 0.4) is 0 Å². The zero-order valence-corrected chi connectivity index (χ0v) is 12.0. The highest BCUT2D eigenvalue weighted by molar-refractivity contribution is 5.68. The fourth-order valence-electron chi connectivity index (χ4n) is 1.64. The van der Waals surface area contributed by atoms with Crippen LogP contribution in [0.25, 0.3) is 0 Å². The second-order valence-corrected chi connectivity index (χ2v) is 5.54. The molecule has 0 aromatic heterocycles. The number of alkyl carbamates (subject to hydrolysis) is 1. The predicted octanol–water partition coefficient (Wildman–Crippen LogP) is 1.99. The van der Waals surface area contributed by atoms with E-state index in [1.165, 1.54) is 0 Å². The first-order valence-electron chi connectivity index (χ1n) is 6.43. The molecule has 0 aliphatic rings. The summed E-state index contributed by atoms with van der Waals surface area (Å²) in [5.74, 6) is 0. The number of aliphatic hydroxyl groups excluding tert-OH is 1. The molecule has 5 nitrogen and oxygen atoms in total. The van der Waals surface area contributed by atoms with Crippen LogP contribution in [-0.2, 0) is 11.2 Å². The number of aliphatic hydroxyl groups is 1. The van der Waals surface area contributed by atoms with E-state index in [1.807, 2.05) is 6.07 Å². The van der Waals surface area contributed by atoms with E-state index < -0.39 is 17.7 Å². The van der Waals surface area contributed by atoms with Crippen LogP contribution in [0.1, 0.15) is 31.9 Å². The van der Waals surface area contributed by atoms with Gasteiger partial charge in [-0.25, -0.2) is 4.79 Å². The molecular formula is C15H20N2O3. The summed E-state index contributed by atoms with van der Waals surface area (Å²) >= 11 is 0. The van der Waals surface area contributed by atoms with Gasteiger partial charge in [0.2, 0.25) is 0 Å². The van der Waals surface area contributed by atoms with Crippen molar-refractivity contribution in [1.82, 2.24) is 5.32 Å². The topological polar surface area (TPSA) is 82.3 Å². The van der Waals surface area contributed by atoms with Gasteiger partial charge in [0.25, 0.3) is 0 Å². The monoisotopic (exact) mass is 276 g/mol. The molecular weight excluding hydrogens is 256 g/mol. The molecule has 0 fully saturated rings. The van der Waals surface area contributed by atoms with Crippen LogP contribution < -0.4 is 5.32 Å². The molecule has 0 spiro atoms. The zero-order chi connectivity index (χ0) is 15.2. The number of nitrogens with one attached hydrogen (secondary N) is 1. The summed E-state index contributed by atoms with van der Waals surface area (Å²) in [6.45, 7) is 5.16. The van der Waals surface area contributed by atoms with Crippen molar-refractivity contribution < 1.29 is 14.6 Å². The molecule has 1 amide bonds. The molecule has 108 valence electrons. The third kappa shape index (κ3) is 5.72. The van der Waals surface area contributed by atoms with Crippen LogP contribution in [-0.4, -0.2) is 29.4 Å². The van der Waals surface area contributed by atoms with Crippen LogP contribution in [0.5, 0.6) is 0 Å². The van der Waals surface area contributed by atoms with Crippen LogP contribution in [0.15, 0.2) is 24.3 Å². The first-order valence-corrected chi connectivity index (χ1v) is 6.43. The molecule has 0 aliphatic carbocycles. The smallest absolute Gasteiger partial charge is 0.407 e. The lowest BCUT2D eigenvalue weighted by Gasteiger charge is -2.22. The predicted molar refractivity (Wildman–Crippen MR) is 75.1 cm³/mol. The maximum atomic E-state index is 11.6. The van der Waals surface area contributed by atoms with Gasteiger partial charge in [0, 0.05) is 0 Å². The number of hydrogen-bond acceptors (Lipinski definition) is 4. The van der Waals surface area contributed by atoms with E-state index in [2.05, 4.69) is 5.32 Å². The summed E-state index contributed by atoms with van der Waals surface area (Å²) in [6.07, 6.45) is -0.0771. The standard InChI is InChI=1S/C15H20N2O3/c1-15(2,3)20-14(19)17-13(10-18)8-11-4-6-12(9-16)7-5-11/h4-7,13,18H,8,10H2,1-3H3,(H,17,19)/t13-/m0/s1. The summed E-state index contributed by atoms with van der Waals surface area (Å²) in [6, 6.07) is 8.64. The molecule has 0 radical (unpaired) electrons. The summed E-state index contributed by atoms with van der Waals surface area (Å²) < 4.78 is 5.14. The van der Waals surface area contributed by atoms with Crippen LogP contribution in [0.2, 0.25) is 0 Å². The second-order valence-electron chi connectivity index (χ2n) is 5.54. The average Bonchev–Trinajstić information content (AvgIpc) is 2.36. The fourth-order valence-corrected chi connectivity index (χ4v) is 1.64. The first kappa shape index (κ1) is 16.0. The number of rotatable bonds is 4. The third-order valence-electron chi connectivity index (χ3n) is 2.51. The summed E-state index contributed by atoms with van der Waals surface area (Å²) in [5, 5.41) is 20.7. The van der Waals surface area contributed by atoms with Crippen LogP contribution in [0, 0.1) is 11.3 Å². The average molecular weight is 276 g/mol. The Morgan fingerprint density at radius 2 is 2.00 bits per heavy atom. The van der Waals surface area contributed by atoms with E-state index >= 15 is 0 Å². The highest BCUT2D eigenvalue weighted by Gasteiger charge is 2.19. The van der Waals surface area contributed by atoms with Gasteiger partial charge in [0.05, 0.1) is 24.3 Å². The highest BCUT2D eigenvalue weighted by atomic mass is 16.6. The van der Waals surface area contributed by atoms with Gasteiger partial charge in [0.1, 0.15) is 5.60 Å². The third-order valence-corrected chi connectivity index (χ3v) is 2.51. The van der Waals surface area contributed by atoms with Crippen molar-refractivity contribution in [1.29, 1.82) is 5.26 Å². The van der Waals surface area contributed by atoms with Crippen molar-refractivity contribution in [3.05, 3.63) is 35.4 Å². The molecule has 1 aromatic carbocycles. The van der Waals surface area contributed by atoms with Gasteiger partial charge in [0.15, 0.2) is 0 Å². The number of hydrogen-bond donors (Lipinski definition) is 2. The van der Waals surface area contributed by atoms with Crippen LogP contribution in [0.4, 0.5) is 4.79 Å². The molecule has 5 heteroatoms. The van der Waals surface area contributed by atoms with E-state index in [0.717, 1.165) is 5.56 Å². The summed E-state index contributed by atoms with van der Waals surface area (Å²) in [7, 11) is 0. The number of carbonyl (C=O) groups is 1. The van der Waals surface area contributed by atoms with Crippen molar-refractivity contribution in [3.63, 3.8) is 0 Å². The van der Waals surface area contributed by atoms with Crippen molar-refractivity contribution in [2.24, 2.45) is 0 Å². The van der Waals surface area contributed by atoms with Crippen molar-refractivity contribution in [2.45, 2.75) is 38.8 Å². The van der Waals surface area contributed by atoms with Crippen molar-refractivity contribution in [2.75, 3.05) is 6.61 Å². The lowest BCUT2D eigenvalue weighted by atomic mass is 10.1. The Morgan fingerprint density at radius 3 is 2.45 bits per heavy atom. The van der Waals surface area contributed by atoms with Gasteiger partial charge in [-0.3, -0.25) is 0 Å². The Labute approximate surface area is 119 Å². The Kier molecular flexibility index (Phi) is 5.53. The van der Waals surface area contributed by atoms with Gasteiger partial charge in [-0.05, 0) is 44.9 Å². The lowest BCUT2D eigenvalue weighted by Crippen LogP contribution is -2.42. The van der Waals surface area contributed by atoms with Crippen molar-refractivity contribution >= 4 is 6.09 Å². The zero-order valence-electron chi connectivity index (χ0n) is 12.0. The van der Waals surface area contributed by atoms with Gasteiger partial charge in [-0.1, -0.05) is 12.1 Å². The normalized spacial score (nSPS) is 12.3. The van der Waals surface area contributed by atoms with Gasteiger partial charge in [-0.2, -0.15) is 5.26 Å². The maximum Gasteiger partial charge on any atom is 0.407 e. The lowest BCUT2D eigenvalue weighted by molar-refractivity contribution is 0.0483. The van der Waals surface area contributed by atoms with E-state index in [4.69, 9.17) is 10.00 Å². The van der Waals surface area contributed by atoms with Gasteiger partial charge < -0.3 is 15.2 Å². The summed E-state index contributed by atoms with van der Waals surface area (Å²) in [4.78, 5) is 11.6.